The molecule has 1 aliphatic heterocycles. The van der Waals surface area contributed by atoms with Crippen LogP contribution in [0.25, 0.3) is 17.5 Å². The lowest BCUT2D eigenvalue weighted by Gasteiger charge is -2.31. The standard InChI is InChI=1S/C31H31ClN4O3/c1-35(22-29-33-34-31(39-29)25-10-3-2-4-11-25)21-23-8-7-12-27(20-23)38-26-16-18-36(19-17-26)30(37)15-14-24-9-5-6-13-28(24)32/h2-15,20,26H,16-19,21-22H2,1H3/b15-14+. The van der Waals surface area contributed by atoms with Gasteiger partial charge in [0.25, 0.3) is 0 Å². The third-order valence-corrected chi connectivity index (χ3v) is 6.96. The average Bonchev–Trinajstić information content (AvgIpc) is 3.42. The Morgan fingerprint density at radius 1 is 1.03 bits per heavy atom. The molecule has 7 nitrogen and oxygen atoms in total. The van der Waals surface area contributed by atoms with Crippen LogP contribution >= 0.6 is 11.6 Å². The van der Waals surface area contributed by atoms with Crippen molar-refractivity contribution in [1.82, 2.24) is 20.0 Å². The summed E-state index contributed by atoms with van der Waals surface area (Å²) in [5, 5.41) is 9.00. The Morgan fingerprint density at radius 2 is 1.79 bits per heavy atom. The average molecular weight is 543 g/mol. The van der Waals surface area contributed by atoms with Gasteiger partial charge in [0.2, 0.25) is 17.7 Å². The van der Waals surface area contributed by atoms with Gasteiger partial charge in [-0.05, 0) is 54.6 Å². The summed E-state index contributed by atoms with van der Waals surface area (Å²) in [4.78, 5) is 16.6. The molecular formula is C31H31ClN4O3. The number of carbonyl (C=O) groups is 1. The number of likely N-dealkylation sites (tertiary alicyclic amines) is 1. The minimum absolute atomic E-state index is 0.00413. The van der Waals surface area contributed by atoms with Crippen LogP contribution in [-0.4, -0.2) is 52.1 Å². The summed E-state index contributed by atoms with van der Waals surface area (Å²) in [6, 6.07) is 25.4. The van der Waals surface area contributed by atoms with Crippen molar-refractivity contribution in [3.05, 3.63) is 107 Å². The molecule has 0 unspecified atom stereocenters. The minimum Gasteiger partial charge on any atom is -0.490 e. The lowest BCUT2D eigenvalue weighted by atomic mass is 10.1. The molecule has 1 saturated heterocycles. The van der Waals surface area contributed by atoms with E-state index in [1.54, 1.807) is 12.2 Å². The van der Waals surface area contributed by atoms with Crippen molar-refractivity contribution in [2.75, 3.05) is 20.1 Å². The van der Waals surface area contributed by atoms with Crippen LogP contribution in [0.3, 0.4) is 0 Å². The van der Waals surface area contributed by atoms with Gasteiger partial charge >= 0.3 is 0 Å². The number of halogens is 1. The fourth-order valence-electron chi connectivity index (χ4n) is 4.59. The second kappa shape index (κ2) is 12.7. The van der Waals surface area contributed by atoms with Crippen molar-refractivity contribution in [2.24, 2.45) is 0 Å². The van der Waals surface area contributed by atoms with Gasteiger partial charge in [-0.25, -0.2) is 0 Å². The Bertz CT molecular complexity index is 1410. The zero-order valence-electron chi connectivity index (χ0n) is 21.9. The summed E-state index contributed by atoms with van der Waals surface area (Å²) in [7, 11) is 2.02. The van der Waals surface area contributed by atoms with E-state index in [-0.39, 0.29) is 12.0 Å². The SMILES string of the molecule is CN(Cc1cccc(OC2CCN(C(=O)/C=C/c3ccccc3Cl)CC2)c1)Cc1nnc(-c2ccccc2)o1. The van der Waals surface area contributed by atoms with E-state index in [2.05, 4.69) is 27.2 Å². The monoisotopic (exact) mass is 542 g/mol. The highest BCUT2D eigenvalue weighted by Gasteiger charge is 2.23. The highest BCUT2D eigenvalue weighted by atomic mass is 35.5. The van der Waals surface area contributed by atoms with Gasteiger partial charge < -0.3 is 14.1 Å². The van der Waals surface area contributed by atoms with Crippen molar-refractivity contribution in [3.63, 3.8) is 0 Å². The van der Waals surface area contributed by atoms with Gasteiger partial charge in [-0.2, -0.15) is 0 Å². The number of aromatic nitrogens is 2. The van der Waals surface area contributed by atoms with E-state index >= 15 is 0 Å². The number of hydrogen-bond acceptors (Lipinski definition) is 6. The molecule has 39 heavy (non-hydrogen) atoms. The largest absolute Gasteiger partial charge is 0.490 e. The maximum Gasteiger partial charge on any atom is 0.247 e. The fraction of sp³-hybridized carbons (Fsp3) is 0.258. The molecule has 200 valence electrons. The predicted molar refractivity (Wildman–Crippen MR) is 152 cm³/mol. The smallest absolute Gasteiger partial charge is 0.247 e. The van der Waals surface area contributed by atoms with Crippen molar-refractivity contribution >= 4 is 23.6 Å². The van der Waals surface area contributed by atoms with E-state index in [1.807, 2.05) is 78.7 Å². The summed E-state index contributed by atoms with van der Waals surface area (Å²) in [6.07, 6.45) is 5.02. The van der Waals surface area contributed by atoms with E-state index in [0.717, 1.165) is 35.3 Å². The van der Waals surface area contributed by atoms with Gasteiger partial charge in [0, 0.05) is 49.1 Å². The molecule has 3 aromatic carbocycles. The molecule has 5 rings (SSSR count). The van der Waals surface area contributed by atoms with Crippen LogP contribution < -0.4 is 4.74 Å². The minimum atomic E-state index is -0.00413. The molecule has 0 N–H and O–H groups in total. The van der Waals surface area contributed by atoms with Gasteiger partial charge in [-0.15, -0.1) is 10.2 Å². The Hall–Kier alpha value is -3.94. The molecule has 0 atom stereocenters. The zero-order chi connectivity index (χ0) is 27.0. The normalized spacial score (nSPS) is 14.3. The third kappa shape index (κ3) is 7.34. The molecule has 2 heterocycles. The molecule has 0 aliphatic carbocycles. The molecule has 1 aliphatic rings. The molecule has 8 heteroatoms. The first-order chi connectivity index (χ1) is 19.0. The summed E-state index contributed by atoms with van der Waals surface area (Å²) in [6.45, 7) is 2.58. The van der Waals surface area contributed by atoms with Crippen LogP contribution in [0.1, 0.15) is 29.9 Å². The number of benzene rings is 3. The van der Waals surface area contributed by atoms with Crippen molar-refractivity contribution in [1.29, 1.82) is 0 Å². The summed E-state index contributed by atoms with van der Waals surface area (Å²) in [5.41, 5.74) is 2.88. The number of carbonyl (C=O) groups excluding carboxylic acids is 1. The Kier molecular flexibility index (Phi) is 8.71. The summed E-state index contributed by atoms with van der Waals surface area (Å²) in [5.74, 6) is 1.94. The summed E-state index contributed by atoms with van der Waals surface area (Å²) >= 11 is 6.18. The van der Waals surface area contributed by atoms with Crippen molar-refractivity contribution in [3.8, 4) is 17.2 Å². The predicted octanol–water partition coefficient (Wildman–Crippen LogP) is 6.11. The second-order valence-electron chi connectivity index (χ2n) is 9.68. The molecule has 1 fully saturated rings. The van der Waals surface area contributed by atoms with Crippen LogP contribution in [0.4, 0.5) is 0 Å². The molecule has 1 amide bonds. The van der Waals surface area contributed by atoms with Crippen LogP contribution in [0.2, 0.25) is 5.02 Å². The van der Waals surface area contributed by atoms with Crippen LogP contribution in [-0.2, 0) is 17.9 Å². The third-order valence-electron chi connectivity index (χ3n) is 6.61. The van der Waals surface area contributed by atoms with Crippen LogP contribution in [0.5, 0.6) is 5.75 Å². The van der Waals surface area contributed by atoms with Gasteiger partial charge in [0.15, 0.2) is 0 Å². The van der Waals surface area contributed by atoms with E-state index in [9.17, 15) is 4.79 Å². The lowest BCUT2D eigenvalue weighted by molar-refractivity contribution is -0.127. The number of hydrogen-bond donors (Lipinski definition) is 0. The maximum atomic E-state index is 12.6. The van der Waals surface area contributed by atoms with Gasteiger partial charge in [0.05, 0.1) is 6.54 Å². The first-order valence-electron chi connectivity index (χ1n) is 13.1. The zero-order valence-corrected chi connectivity index (χ0v) is 22.6. The first-order valence-corrected chi connectivity index (χ1v) is 13.4. The first kappa shape index (κ1) is 26.7. The number of rotatable bonds is 9. The molecular weight excluding hydrogens is 512 g/mol. The number of amides is 1. The van der Waals surface area contributed by atoms with Crippen molar-refractivity contribution in [2.45, 2.75) is 32.0 Å². The van der Waals surface area contributed by atoms with E-state index in [1.165, 1.54) is 0 Å². The van der Waals surface area contributed by atoms with E-state index in [0.29, 0.717) is 43.0 Å². The maximum absolute atomic E-state index is 12.6. The quantitative estimate of drug-likeness (QED) is 0.238. The second-order valence-corrected chi connectivity index (χ2v) is 10.1. The fourth-order valence-corrected chi connectivity index (χ4v) is 4.79. The molecule has 0 spiro atoms. The van der Waals surface area contributed by atoms with E-state index in [4.69, 9.17) is 20.8 Å². The van der Waals surface area contributed by atoms with Crippen LogP contribution in [0, 0.1) is 0 Å². The highest BCUT2D eigenvalue weighted by molar-refractivity contribution is 6.32. The Labute approximate surface area is 233 Å². The topological polar surface area (TPSA) is 71.7 Å². The van der Waals surface area contributed by atoms with Crippen LogP contribution in [0.15, 0.2) is 89.4 Å². The lowest BCUT2D eigenvalue weighted by Crippen LogP contribution is -2.41. The van der Waals surface area contributed by atoms with Gasteiger partial charge in [0.1, 0.15) is 11.9 Å². The van der Waals surface area contributed by atoms with E-state index < -0.39 is 0 Å². The summed E-state index contributed by atoms with van der Waals surface area (Å²) < 4.78 is 12.1. The van der Waals surface area contributed by atoms with Gasteiger partial charge in [-0.3, -0.25) is 9.69 Å². The molecule has 0 radical (unpaired) electrons. The molecule has 1 aromatic heterocycles. The van der Waals surface area contributed by atoms with Gasteiger partial charge in [-0.1, -0.05) is 60.1 Å². The highest BCUT2D eigenvalue weighted by Crippen LogP contribution is 2.23. The number of piperidine rings is 1. The number of nitrogens with zero attached hydrogens (tertiary/aromatic N) is 4. The Morgan fingerprint density at radius 3 is 2.59 bits per heavy atom. The number of ether oxygens (including phenoxy) is 1. The molecule has 4 aromatic rings. The van der Waals surface area contributed by atoms with Crippen molar-refractivity contribution < 1.29 is 13.9 Å². The Balaban J connectivity index is 1.09. The molecule has 0 saturated carbocycles. The molecule has 0 bridgehead atoms.